The van der Waals surface area contributed by atoms with E-state index in [1.165, 1.54) is 13.8 Å². The molecule has 0 atom stereocenters. The topological polar surface area (TPSA) is 55.6 Å². The van der Waals surface area contributed by atoms with Crippen molar-refractivity contribution in [3.63, 3.8) is 0 Å². The van der Waals surface area contributed by atoms with E-state index in [2.05, 4.69) is 20.4 Å². The largest absolute Gasteiger partial charge is 0.451 e. The molecule has 0 saturated heterocycles. The van der Waals surface area contributed by atoms with Gasteiger partial charge in [-0.25, -0.2) is 14.6 Å². The Labute approximate surface area is 188 Å². The molecule has 1 aromatic carbocycles. The first-order valence-electron chi connectivity index (χ1n) is 8.69. The maximum absolute atomic E-state index is 13.7. The Morgan fingerprint density at radius 3 is 1.82 bits per heavy atom. The van der Waals surface area contributed by atoms with Crippen molar-refractivity contribution in [2.75, 3.05) is 5.32 Å². The fraction of sp³-hybridized carbons (Fsp3) is 0.353. The van der Waals surface area contributed by atoms with Crippen LogP contribution in [0.5, 0.6) is 0 Å². The van der Waals surface area contributed by atoms with Crippen LogP contribution in [0.3, 0.4) is 0 Å². The van der Waals surface area contributed by atoms with Crippen molar-refractivity contribution >= 4 is 40.1 Å². The lowest BCUT2D eigenvalue weighted by atomic mass is 10.2. The minimum atomic E-state index is -5.36. The van der Waals surface area contributed by atoms with Crippen LogP contribution in [0.15, 0.2) is 12.1 Å². The molecule has 0 aliphatic rings. The van der Waals surface area contributed by atoms with Gasteiger partial charge in [-0.05, 0) is 26.0 Å². The van der Waals surface area contributed by atoms with Gasteiger partial charge >= 0.3 is 18.5 Å². The molecule has 180 valence electrons. The third-order valence-electron chi connectivity index (χ3n) is 4.04. The summed E-state index contributed by atoms with van der Waals surface area (Å²) in [6.45, 7) is 2.97. The molecule has 0 bridgehead atoms. The van der Waals surface area contributed by atoms with Gasteiger partial charge in [-0.15, -0.1) is 5.10 Å². The highest BCUT2D eigenvalue weighted by Crippen LogP contribution is 2.43. The lowest BCUT2D eigenvalue weighted by molar-refractivity contribution is -0.151. The van der Waals surface area contributed by atoms with Gasteiger partial charge in [0.25, 0.3) is 0 Å². The first-order valence-corrected chi connectivity index (χ1v) is 9.45. The number of fused-ring (bicyclic) bond motifs is 1. The van der Waals surface area contributed by atoms with Crippen molar-refractivity contribution in [2.24, 2.45) is 0 Å². The first kappa shape index (κ1) is 25.1. The maximum Gasteiger partial charge on any atom is 0.451 e. The third kappa shape index (κ3) is 4.90. The van der Waals surface area contributed by atoms with Crippen molar-refractivity contribution in [1.29, 1.82) is 0 Å². The number of halogens is 11. The smallest absolute Gasteiger partial charge is 0.367 e. The van der Waals surface area contributed by atoms with E-state index in [1.807, 2.05) is 0 Å². The van der Waals surface area contributed by atoms with E-state index in [0.29, 0.717) is 16.8 Å². The van der Waals surface area contributed by atoms with E-state index >= 15 is 0 Å². The van der Waals surface area contributed by atoms with Gasteiger partial charge in [0.1, 0.15) is 11.5 Å². The quantitative estimate of drug-likeness (QED) is 0.374. The molecule has 5 nitrogen and oxygen atoms in total. The highest BCUT2D eigenvalue weighted by atomic mass is 35.5. The minimum absolute atomic E-state index is 0.450. The normalized spacial score (nSPS) is 13.3. The van der Waals surface area contributed by atoms with Gasteiger partial charge in [-0.2, -0.15) is 39.5 Å². The van der Waals surface area contributed by atoms with Gasteiger partial charge in [-0.3, -0.25) is 0 Å². The summed E-state index contributed by atoms with van der Waals surface area (Å²) in [5, 5.41) is 3.92. The molecule has 0 fully saturated rings. The summed E-state index contributed by atoms with van der Waals surface area (Å²) in [4.78, 5) is 5.72. The predicted octanol–water partition coefficient (Wildman–Crippen LogP) is 7.00. The number of aromatic nitrogens is 4. The van der Waals surface area contributed by atoms with Crippen LogP contribution in [0.2, 0.25) is 10.0 Å². The van der Waals surface area contributed by atoms with E-state index < -0.39 is 74.2 Å². The molecule has 3 rings (SSSR count). The number of hydrogen-bond donors (Lipinski definition) is 1. The fourth-order valence-corrected chi connectivity index (χ4v) is 3.47. The van der Waals surface area contributed by atoms with E-state index in [1.54, 1.807) is 0 Å². The Kier molecular flexibility index (Phi) is 6.16. The van der Waals surface area contributed by atoms with Crippen LogP contribution >= 0.6 is 23.2 Å². The Hall–Kier alpha value is -2.48. The van der Waals surface area contributed by atoms with Crippen LogP contribution < -0.4 is 5.32 Å². The Morgan fingerprint density at radius 1 is 0.848 bits per heavy atom. The van der Waals surface area contributed by atoms with Gasteiger partial charge in [0, 0.05) is 6.04 Å². The lowest BCUT2D eigenvalue weighted by Crippen LogP contribution is -2.19. The standard InChI is InChI=1S/C17H10Cl2F9N5/c1-5(2)29-13-9-11(16(23,24)25)30-14(17(26,27)28)31-12(9)32-33(13)10-7(18)3-6(4-8(10)19)15(20,21)22/h3-5,29H,1-2H3. The molecule has 16 heteroatoms. The Morgan fingerprint density at radius 2 is 1.39 bits per heavy atom. The van der Waals surface area contributed by atoms with Crippen LogP contribution in [0.25, 0.3) is 16.7 Å². The van der Waals surface area contributed by atoms with Crippen LogP contribution in [-0.2, 0) is 18.5 Å². The molecule has 2 heterocycles. The first-order chi connectivity index (χ1) is 14.9. The van der Waals surface area contributed by atoms with Crippen molar-refractivity contribution in [3.8, 4) is 5.69 Å². The SMILES string of the molecule is CC(C)Nc1c2c(C(F)(F)F)nc(C(F)(F)F)nc2nn1-c1c(Cl)cc(C(F)(F)F)cc1Cl. The van der Waals surface area contributed by atoms with E-state index in [-0.39, 0.29) is 0 Å². The summed E-state index contributed by atoms with van der Waals surface area (Å²) < 4.78 is 120. The number of benzene rings is 1. The van der Waals surface area contributed by atoms with Crippen molar-refractivity contribution < 1.29 is 39.5 Å². The molecule has 0 spiro atoms. The summed E-state index contributed by atoms with van der Waals surface area (Å²) in [5.74, 6) is -2.67. The molecule has 0 unspecified atom stereocenters. The van der Waals surface area contributed by atoms with Crippen molar-refractivity contribution in [1.82, 2.24) is 19.7 Å². The second kappa shape index (κ2) is 8.08. The minimum Gasteiger partial charge on any atom is -0.367 e. The summed E-state index contributed by atoms with van der Waals surface area (Å²) in [6.07, 6.45) is -15.6. The molecule has 0 saturated carbocycles. The second-order valence-corrected chi connectivity index (χ2v) is 7.75. The van der Waals surface area contributed by atoms with Gasteiger partial charge in [0.2, 0.25) is 5.82 Å². The molecule has 0 aliphatic heterocycles. The summed E-state index contributed by atoms with van der Waals surface area (Å²) >= 11 is 11.9. The zero-order valence-corrected chi connectivity index (χ0v) is 17.7. The van der Waals surface area contributed by atoms with E-state index in [4.69, 9.17) is 23.2 Å². The van der Waals surface area contributed by atoms with Gasteiger partial charge in [0.05, 0.1) is 21.0 Å². The second-order valence-electron chi connectivity index (χ2n) is 6.94. The lowest BCUT2D eigenvalue weighted by Gasteiger charge is -2.17. The number of alkyl halides is 9. The molecule has 2 aromatic heterocycles. The van der Waals surface area contributed by atoms with Crippen molar-refractivity contribution in [3.05, 3.63) is 39.3 Å². The number of rotatable bonds is 3. The molecule has 1 N–H and O–H groups in total. The zero-order valence-electron chi connectivity index (χ0n) is 16.2. The van der Waals surface area contributed by atoms with Crippen LogP contribution in [0.1, 0.15) is 30.9 Å². The highest BCUT2D eigenvalue weighted by Gasteiger charge is 2.43. The molecular weight excluding hydrogens is 516 g/mol. The zero-order chi connectivity index (χ0) is 25.1. The van der Waals surface area contributed by atoms with Crippen LogP contribution in [0, 0.1) is 0 Å². The summed E-state index contributed by atoms with van der Waals surface area (Å²) in [5.41, 5.74) is -4.74. The van der Waals surface area contributed by atoms with Gasteiger partial charge in [-0.1, -0.05) is 23.2 Å². The fourth-order valence-electron chi connectivity index (χ4n) is 2.82. The molecular formula is C17H10Cl2F9N5. The highest BCUT2D eigenvalue weighted by molar-refractivity contribution is 6.38. The number of nitrogens with zero attached hydrogens (tertiary/aromatic N) is 4. The molecule has 0 amide bonds. The average Bonchev–Trinajstić information content (AvgIpc) is 2.95. The summed E-state index contributed by atoms with van der Waals surface area (Å²) in [7, 11) is 0. The predicted molar refractivity (Wildman–Crippen MR) is 100 cm³/mol. The summed E-state index contributed by atoms with van der Waals surface area (Å²) in [6, 6.07) is 0.288. The third-order valence-corrected chi connectivity index (χ3v) is 4.61. The maximum atomic E-state index is 13.7. The molecule has 33 heavy (non-hydrogen) atoms. The number of nitrogens with one attached hydrogen (secondary N) is 1. The van der Waals surface area contributed by atoms with Crippen LogP contribution in [-0.4, -0.2) is 25.8 Å². The molecule has 0 aliphatic carbocycles. The Balaban J connectivity index is 2.45. The Bertz CT molecular complexity index is 1190. The van der Waals surface area contributed by atoms with E-state index in [0.717, 1.165) is 0 Å². The van der Waals surface area contributed by atoms with Gasteiger partial charge in [0.15, 0.2) is 11.3 Å². The monoisotopic (exact) mass is 525 g/mol. The average molecular weight is 526 g/mol. The van der Waals surface area contributed by atoms with Crippen LogP contribution in [0.4, 0.5) is 45.3 Å². The van der Waals surface area contributed by atoms with E-state index in [9.17, 15) is 39.5 Å². The van der Waals surface area contributed by atoms with Gasteiger partial charge < -0.3 is 5.32 Å². The number of anilines is 1. The molecule has 0 radical (unpaired) electrons. The molecule has 3 aromatic rings. The number of hydrogen-bond acceptors (Lipinski definition) is 4. The van der Waals surface area contributed by atoms with Crippen molar-refractivity contribution in [2.45, 2.75) is 38.4 Å².